The highest BCUT2D eigenvalue weighted by atomic mass is 16.5. The largest absolute Gasteiger partial charge is 0.394 e. The molecule has 3 N–H and O–H groups in total. The van der Waals surface area contributed by atoms with Gasteiger partial charge >= 0.3 is 0 Å². The van der Waals surface area contributed by atoms with E-state index in [2.05, 4.69) is 0 Å². The third-order valence-corrected chi connectivity index (χ3v) is 1.80. The first-order chi connectivity index (χ1) is 6.38. The van der Waals surface area contributed by atoms with Crippen LogP contribution in [0.25, 0.3) is 0 Å². The minimum Gasteiger partial charge on any atom is -0.394 e. The fraction of sp³-hybridized carbons (Fsp3) is 0.400. The third kappa shape index (κ3) is 3.14. The number of benzene rings is 1. The van der Waals surface area contributed by atoms with Crippen LogP contribution in [0.4, 0.5) is 0 Å². The van der Waals surface area contributed by atoms with Crippen molar-refractivity contribution in [1.29, 1.82) is 0 Å². The Hall–Kier alpha value is -0.900. The van der Waals surface area contributed by atoms with Crippen molar-refractivity contribution >= 4 is 0 Å². The highest BCUT2D eigenvalue weighted by Crippen LogP contribution is 2.14. The van der Waals surface area contributed by atoms with Crippen molar-refractivity contribution in [3.63, 3.8) is 0 Å². The summed E-state index contributed by atoms with van der Waals surface area (Å²) in [7, 11) is 0. The molecule has 1 rings (SSSR count). The highest BCUT2D eigenvalue weighted by Gasteiger charge is 2.07. The molecule has 0 aliphatic carbocycles. The summed E-state index contributed by atoms with van der Waals surface area (Å²) < 4.78 is 5.35. The van der Waals surface area contributed by atoms with Gasteiger partial charge in [-0.05, 0) is 5.56 Å². The quantitative estimate of drug-likeness (QED) is 0.703. The number of nitrogens with two attached hydrogens (primary N) is 1. The van der Waals surface area contributed by atoms with E-state index in [9.17, 15) is 0 Å². The van der Waals surface area contributed by atoms with E-state index >= 15 is 0 Å². The molecule has 1 aromatic carbocycles. The predicted octanol–water partition coefficient (Wildman–Crippen LogP) is 0.695. The Morgan fingerprint density at radius 2 is 2.00 bits per heavy atom. The third-order valence-electron chi connectivity index (χ3n) is 1.80. The van der Waals surface area contributed by atoms with Crippen molar-refractivity contribution in [3.8, 4) is 0 Å². The van der Waals surface area contributed by atoms with Crippen LogP contribution in [-0.2, 0) is 4.74 Å². The summed E-state index contributed by atoms with van der Waals surface area (Å²) in [5.41, 5.74) is 6.59. The maximum Gasteiger partial charge on any atom is 0.0948 e. The monoisotopic (exact) mass is 181 g/mol. The van der Waals surface area contributed by atoms with Crippen molar-refractivity contribution in [3.05, 3.63) is 35.9 Å². The average molecular weight is 181 g/mol. The summed E-state index contributed by atoms with van der Waals surface area (Å²) in [5.74, 6) is 0. The molecule has 0 unspecified atom stereocenters. The van der Waals surface area contributed by atoms with E-state index in [1.165, 1.54) is 0 Å². The van der Waals surface area contributed by atoms with Gasteiger partial charge in [0, 0.05) is 6.54 Å². The zero-order chi connectivity index (χ0) is 9.52. The molecule has 0 saturated heterocycles. The van der Waals surface area contributed by atoms with Gasteiger partial charge in [0.2, 0.25) is 0 Å². The molecule has 0 aliphatic rings. The van der Waals surface area contributed by atoms with Gasteiger partial charge in [0.15, 0.2) is 0 Å². The molecule has 1 aromatic rings. The number of aliphatic hydroxyl groups excluding tert-OH is 1. The first-order valence-corrected chi connectivity index (χ1v) is 4.36. The van der Waals surface area contributed by atoms with Gasteiger partial charge in [-0.1, -0.05) is 30.3 Å². The topological polar surface area (TPSA) is 55.5 Å². The van der Waals surface area contributed by atoms with E-state index < -0.39 is 0 Å². The lowest BCUT2D eigenvalue weighted by atomic mass is 10.1. The molecule has 0 amide bonds. The van der Waals surface area contributed by atoms with Crippen molar-refractivity contribution in [2.75, 3.05) is 19.8 Å². The fourth-order valence-electron chi connectivity index (χ4n) is 1.16. The van der Waals surface area contributed by atoms with Gasteiger partial charge in [0.25, 0.3) is 0 Å². The van der Waals surface area contributed by atoms with Crippen LogP contribution in [0.1, 0.15) is 11.7 Å². The number of ether oxygens (including phenoxy) is 1. The molecule has 3 nitrogen and oxygen atoms in total. The molecule has 1 atom stereocenters. The van der Waals surface area contributed by atoms with E-state index in [-0.39, 0.29) is 12.7 Å². The smallest absolute Gasteiger partial charge is 0.0948 e. The minimum absolute atomic E-state index is 0.0311. The van der Waals surface area contributed by atoms with Crippen LogP contribution in [-0.4, -0.2) is 24.9 Å². The van der Waals surface area contributed by atoms with Gasteiger partial charge in [-0.25, -0.2) is 0 Å². The average Bonchev–Trinajstić information content (AvgIpc) is 2.21. The Kier molecular flexibility index (Phi) is 4.46. The van der Waals surface area contributed by atoms with Gasteiger partial charge in [0.05, 0.1) is 19.3 Å². The highest BCUT2D eigenvalue weighted by molar-refractivity contribution is 5.17. The number of hydrogen-bond acceptors (Lipinski definition) is 3. The standard InChI is InChI=1S/C10H15NO2/c11-8-10(13-7-6-12)9-4-2-1-3-5-9/h1-5,10,12H,6-8,11H2/t10-/m1/s1. The SMILES string of the molecule is NC[C@@H](OCCO)c1ccccc1. The molecule has 0 heterocycles. The Morgan fingerprint density at radius 1 is 1.31 bits per heavy atom. The van der Waals surface area contributed by atoms with Crippen molar-refractivity contribution < 1.29 is 9.84 Å². The van der Waals surface area contributed by atoms with Gasteiger partial charge in [0.1, 0.15) is 0 Å². The Balaban J connectivity index is 2.56. The van der Waals surface area contributed by atoms with E-state index in [1.54, 1.807) is 0 Å². The van der Waals surface area contributed by atoms with Gasteiger partial charge in [-0.3, -0.25) is 0 Å². The summed E-state index contributed by atoms with van der Waals surface area (Å²) in [4.78, 5) is 0. The maximum absolute atomic E-state index is 8.59. The molecular formula is C10H15NO2. The van der Waals surface area contributed by atoms with E-state index in [1.807, 2.05) is 30.3 Å². The molecule has 0 bridgehead atoms. The van der Waals surface area contributed by atoms with Crippen LogP contribution >= 0.6 is 0 Å². The molecule has 0 fully saturated rings. The number of hydrogen-bond donors (Lipinski definition) is 2. The summed E-state index contributed by atoms with van der Waals surface area (Å²) in [6, 6.07) is 9.77. The second-order valence-corrected chi connectivity index (χ2v) is 2.73. The summed E-state index contributed by atoms with van der Waals surface area (Å²) in [6.07, 6.45) is -0.103. The number of aliphatic hydroxyl groups is 1. The lowest BCUT2D eigenvalue weighted by Gasteiger charge is -2.15. The molecular weight excluding hydrogens is 166 g/mol. The Bertz CT molecular complexity index is 226. The Labute approximate surface area is 78.1 Å². The molecule has 0 aliphatic heterocycles. The van der Waals surface area contributed by atoms with Crippen molar-refractivity contribution in [2.45, 2.75) is 6.10 Å². The van der Waals surface area contributed by atoms with Crippen molar-refractivity contribution in [1.82, 2.24) is 0 Å². The predicted molar refractivity (Wildman–Crippen MR) is 51.3 cm³/mol. The molecule has 3 heteroatoms. The summed E-state index contributed by atoms with van der Waals surface area (Å²) in [6.45, 7) is 0.796. The first-order valence-electron chi connectivity index (χ1n) is 4.36. The molecule has 13 heavy (non-hydrogen) atoms. The Morgan fingerprint density at radius 3 is 2.54 bits per heavy atom. The fourth-order valence-corrected chi connectivity index (χ4v) is 1.16. The van der Waals surface area contributed by atoms with Gasteiger partial charge < -0.3 is 15.6 Å². The molecule has 0 saturated carbocycles. The molecule has 0 aromatic heterocycles. The zero-order valence-electron chi connectivity index (χ0n) is 7.52. The second kappa shape index (κ2) is 5.70. The van der Waals surface area contributed by atoms with Crippen LogP contribution in [0.2, 0.25) is 0 Å². The van der Waals surface area contributed by atoms with Gasteiger partial charge in [-0.2, -0.15) is 0 Å². The van der Waals surface area contributed by atoms with Crippen LogP contribution in [0.5, 0.6) is 0 Å². The van der Waals surface area contributed by atoms with E-state index in [0.717, 1.165) is 5.56 Å². The van der Waals surface area contributed by atoms with Crippen LogP contribution in [0, 0.1) is 0 Å². The van der Waals surface area contributed by atoms with Crippen LogP contribution in [0.3, 0.4) is 0 Å². The number of rotatable bonds is 5. The summed E-state index contributed by atoms with van der Waals surface area (Å²) >= 11 is 0. The van der Waals surface area contributed by atoms with Crippen LogP contribution < -0.4 is 5.73 Å². The van der Waals surface area contributed by atoms with Crippen molar-refractivity contribution in [2.24, 2.45) is 5.73 Å². The first kappa shape index (κ1) is 10.2. The van der Waals surface area contributed by atoms with Crippen LogP contribution in [0.15, 0.2) is 30.3 Å². The van der Waals surface area contributed by atoms with E-state index in [0.29, 0.717) is 13.2 Å². The maximum atomic E-state index is 8.59. The molecule has 0 spiro atoms. The van der Waals surface area contributed by atoms with Gasteiger partial charge in [-0.15, -0.1) is 0 Å². The molecule has 72 valence electrons. The molecule has 0 radical (unpaired) electrons. The summed E-state index contributed by atoms with van der Waals surface area (Å²) in [5, 5.41) is 8.59. The van der Waals surface area contributed by atoms with E-state index in [4.69, 9.17) is 15.6 Å². The zero-order valence-corrected chi connectivity index (χ0v) is 7.52. The second-order valence-electron chi connectivity index (χ2n) is 2.73. The lowest BCUT2D eigenvalue weighted by Crippen LogP contribution is -2.17. The lowest BCUT2D eigenvalue weighted by molar-refractivity contribution is 0.0329. The normalized spacial score (nSPS) is 12.8. The minimum atomic E-state index is -0.103.